The van der Waals surface area contributed by atoms with E-state index in [4.69, 9.17) is 9.84 Å². The van der Waals surface area contributed by atoms with Crippen molar-refractivity contribution in [2.24, 2.45) is 5.92 Å². The van der Waals surface area contributed by atoms with E-state index < -0.39 is 24.0 Å². The lowest BCUT2D eigenvalue weighted by molar-refractivity contribution is -0.146. The number of hydrogen-bond acceptors (Lipinski definition) is 4. The van der Waals surface area contributed by atoms with Crippen LogP contribution in [0.5, 0.6) is 0 Å². The molecule has 7 heteroatoms. The first-order valence-corrected chi connectivity index (χ1v) is 11.7. The summed E-state index contributed by atoms with van der Waals surface area (Å²) in [5.74, 6) is -1.87. The van der Waals surface area contributed by atoms with Gasteiger partial charge < -0.3 is 20.1 Å². The number of carbonyl (C=O) groups excluding carboxylic acids is 2. The van der Waals surface area contributed by atoms with E-state index >= 15 is 0 Å². The Morgan fingerprint density at radius 3 is 2.26 bits per heavy atom. The number of fused-ring (bicyclic) bond motifs is 3. The van der Waals surface area contributed by atoms with Crippen LogP contribution >= 0.6 is 0 Å². The van der Waals surface area contributed by atoms with Gasteiger partial charge in [-0.25, -0.2) is 4.79 Å². The molecular weight excluding hydrogens is 432 g/mol. The van der Waals surface area contributed by atoms with E-state index in [-0.39, 0.29) is 31.5 Å². The van der Waals surface area contributed by atoms with Crippen molar-refractivity contribution in [3.8, 4) is 11.1 Å². The molecule has 0 bridgehead atoms. The molecule has 1 fully saturated rings. The molecule has 2 amide bonds. The quantitative estimate of drug-likeness (QED) is 0.574. The Hall–Kier alpha value is -3.61. The molecule has 0 unspecified atom stereocenters. The summed E-state index contributed by atoms with van der Waals surface area (Å²) < 4.78 is 5.66. The van der Waals surface area contributed by atoms with Gasteiger partial charge in [0.2, 0.25) is 5.91 Å². The maximum absolute atomic E-state index is 13.1. The maximum Gasteiger partial charge on any atom is 0.407 e. The number of amides is 2. The number of hydrogen-bond donors (Lipinski definition) is 2. The fourth-order valence-electron chi connectivity index (χ4n) is 5.18. The van der Waals surface area contributed by atoms with Crippen LogP contribution in [0.4, 0.5) is 4.79 Å². The molecule has 2 N–H and O–H groups in total. The van der Waals surface area contributed by atoms with Gasteiger partial charge in [-0.15, -0.1) is 6.58 Å². The maximum atomic E-state index is 13.1. The zero-order valence-electron chi connectivity index (χ0n) is 19.1. The van der Waals surface area contributed by atoms with E-state index in [2.05, 4.69) is 36.2 Å². The molecule has 4 rings (SSSR count). The molecule has 0 aromatic heterocycles. The number of aliphatic carboxylic acids is 1. The van der Waals surface area contributed by atoms with Crippen LogP contribution in [0.1, 0.15) is 42.7 Å². The van der Waals surface area contributed by atoms with Crippen LogP contribution in [0, 0.1) is 5.92 Å². The summed E-state index contributed by atoms with van der Waals surface area (Å²) in [7, 11) is 0. The number of carboxylic acids is 1. The summed E-state index contributed by atoms with van der Waals surface area (Å²) in [6, 6.07) is 15.9. The van der Waals surface area contributed by atoms with Crippen LogP contribution in [-0.4, -0.2) is 53.7 Å². The van der Waals surface area contributed by atoms with Crippen molar-refractivity contribution >= 4 is 18.0 Å². The molecular formula is C27H30N2O5. The smallest absolute Gasteiger partial charge is 0.407 e. The van der Waals surface area contributed by atoms with Crippen LogP contribution in [-0.2, 0) is 14.3 Å². The lowest BCUT2D eigenvalue weighted by Gasteiger charge is -2.34. The highest BCUT2D eigenvalue weighted by molar-refractivity contribution is 5.84. The van der Waals surface area contributed by atoms with Crippen molar-refractivity contribution < 1.29 is 24.2 Å². The molecule has 0 saturated heterocycles. The summed E-state index contributed by atoms with van der Waals surface area (Å²) in [6.45, 7) is 3.58. The lowest BCUT2D eigenvalue weighted by Crippen LogP contribution is -2.50. The summed E-state index contributed by atoms with van der Waals surface area (Å²) in [6.07, 6.45) is 3.94. The number of nitrogens with zero attached hydrogens (tertiary/aromatic N) is 1. The average Bonchev–Trinajstić information content (AvgIpc) is 3.16. The standard InChI is InChI=1S/C27H30N2O5/c1-2-15-29(16-25(30)31)26(32)22-13-7-8-14-24(22)28-27(33)34-17-23-20-11-5-3-9-18(20)19-10-4-6-12-21(19)23/h2-6,9-12,22-24H,1,7-8,13-17H2,(H,28,33)(H,30,31)/t22-,24+/m0/s1. The van der Waals surface area contributed by atoms with E-state index in [0.29, 0.717) is 12.8 Å². The fourth-order valence-corrected chi connectivity index (χ4v) is 5.18. The topological polar surface area (TPSA) is 95.9 Å². The predicted molar refractivity (Wildman–Crippen MR) is 128 cm³/mol. The Labute approximate surface area is 199 Å². The van der Waals surface area contributed by atoms with Gasteiger partial charge in [-0.1, -0.05) is 67.4 Å². The normalized spacial score (nSPS) is 18.9. The van der Waals surface area contributed by atoms with E-state index in [0.717, 1.165) is 35.1 Å². The zero-order chi connectivity index (χ0) is 24.1. The first-order valence-electron chi connectivity index (χ1n) is 11.7. The second-order valence-corrected chi connectivity index (χ2v) is 8.87. The molecule has 178 valence electrons. The van der Waals surface area contributed by atoms with Gasteiger partial charge in [0.25, 0.3) is 0 Å². The number of rotatable bonds is 8. The molecule has 2 aliphatic rings. The highest BCUT2D eigenvalue weighted by Gasteiger charge is 2.36. The number of alkyl carbamates (subject to hydrolysis) is 1. The Balaban J connectivity index is 1.41. The van der Waals surface area contributed by atoms with Crippen molar-refractivity contribution in [3.05, 3.63) is 72.3 Å². The molecule has 2 aromatic rings. The van der Waals surface area contributed by atoms with Gasteiger partial charge in [0.15, 0.2) is 0 Å². The van der Waals surface area contributed by atoms with Crippen LogP contribution in [0.15, 0.2) is 61.2 Å². The first-order chi connectivity index (χ1) is 16.5. The van der Waals surface area contributed by atoms with Crippen LogP contribution < -0.4 is 5.32 Å². The lowest BCUT2D eigenvalue weighted by atomic mass is 9.83. The van der Waals surface area contributed by atoms with Crippen molar-refractivity contribution in [3.63, 3.8) is 0 Å². The molecule has 2 aliphatic carbocycles. The van der Waals surface area contributed by atoms with E-state index in [1.54, 1.807) is 0 Å². The third kappa shape index (κ3) is 4.98. The van der Waals surface area contributed by atoms with E-state index in [1.165, 1.54) is 11.0 Å². The highest BCUT2D eigenvalue weighted by atomic mass is 16.5. The Kier molecular flexibility index (Phi) is 7.30. The molecule has 34 heavy (non-hydrogen) atoms. The number of ether oxygens (including phenoxy) is 1. The van der Waals surface area contributed by atoms with Crippen molar-refractivity contribution in [1.82, 2.24) is 10.2 Å². The molecule has 2 aromatic carbocycles. The third-order valence-electron chi connectivity index (χ3n) is 6.72. The summed E-state index contributed by atoms with van der Waals surface area (Å²) in [5, 5.41) is 12.1. The second-order valence-electron chi connectivity index (χ2n) is 8.87. The van der Waals surface area contributed by atoms with E-state index in [1.807, 2.05) is 24.3 Å². The average molecular weight is 463 g/mol. The molecule has 0 radical (unpaired) electrons. The van der Waals surface area contributed by atoms with E-state index in [9.17, 15) is 14.4 Å². The number of carboxylic acid groups (broad SMARTS) is 1. The van der Waals surface area contributed by atoms with Gasteiger partial charge in [-0.2, -0.15) is 0 Å². The summed E-state index contributed by atoms with van der Waals surface area (Å²) in [5.41, 5.74) is 4.59. The van der Waals surface area contributed by atoms with Gasteiger partial charge in [0.1, 0.15) is 13.2 Å². The first kappa shape index (κ1) is 23.5. The van der Waals surface area contributed by atoms with Gasteiger partial charge in [0.05, 0.1) is 5.92 Å². The summed E-state index contributed by atoms with van der Waals surface area (Å²) in [4.78, 5) is 38.3. The summed E-state index contributed by atoms with van der Waals surface area (Å²) >= 11 is 0. The second kappa shape index (κ2) is 10.5. The molecule has 0 spiro atoms. The van der Waals surface area contributed by atoms with Crippen LogP contribution in [0.2, 0.25) is 0 Å². The Morgan fingerprint density at radius 2 is 1.65 bits per heavy atom. The number of nitrogens with one attached hydrogen (secondary N) is 1. The number of benzene rings is 2. The Bertz CT molecular complexity index is 1040. The molecule has 1 saturated carbocycles. The van der Waals surface area contributed by atoms with Gasteiger partial charge in [0, 0.05) is 18.5 Å². The SMILES string of the molecule is C=CCN(CC(=O)O)C(=O)[C@H]1CCCC[C@H]1NC(=O)OCC1c2ccccc2-c2ccccc21. The zero-order valence-corrected chi connectivity index (χ0v) is 19.1. The molecule has 7 nitrogen and oxygen atoms in total. The number of carbonyl (C=O) groups is 3. The van der Waals surface area contributed by atoms with Gasteiger partial charge in [-0.05, 0) is 35.1 Å². The highest BCUT2D eigenvalue weighted by Crippen LogP contribution is 2.44. The third-order valence-corrected chi connectivity index (χ3v) is 6.72. The van der Waals surface area contributed by atoms with Gasteiger partial charge in [-0.3, -0.25) is 9.59 Å². The Morgan fingerprint density at radius 1 is 1.03 bits per heavy atom. The molecule has 0 aliphatic heterocycles. The minimum Gasteiger partial charge on any atom is -0.480 e. The minimum absolute atomic E-state index is 0.0411. The van der Waals surface area contributed by atoms with Gasteiger partial charge >= 0.3 is 12.1 Å². The molecule has 2 atom stereocenters. The largest absolute Gasteiger partial charge is 0.480 e. The molecule has 0 heterocycles. The van der Waals surface area contributed by atoms with Crippen molar-refractivity contribution in [1.29, 1.82) is 0 Å². The monoisotopic (exact) mass is 462 g/mol. The minimum atomic E-state index is -1.08. The van der Waals surface area contributed by atoms with Crippen LogP contribution in [0.3, 0.4) is 0 Å². The van der Waals surface area contributed by atoms with Crippen molar-refractivity contribution in [2.75, 3.05) is 19.7 Å². The predicted octanol–water partition coefficient (Wildman–Crippen LogP) is 4.18. The van der Waals surface area contributed by atoms with Crippen molar-refractivity contribution in [2.45, 2.75) is 37.6 Å². The fraction of sp³-hybridized carbons (Fsp3) is 0.370. The van der Waals surface area contributed by atoms with Crippen LogP contribution in [0.25, 0.3) is 11.1 Å².